The minimum Gasteiger partial charge on any atom is -0.497 e. The molecule has 3 rings (SSSR count). The van der Waals surface area contributed by atoms with E-state index in [2.05, 4.69) is 10.6 Å². The van der Waals surface area contributed by atoms with Gasteiger partial charge in [-0.1, -0.05) is 0 Å². The zero-order valence-electron chi connectivity index (χ0n) is 16.0. The first-order valence-electron chi connectivity index (χ1n) is 9.44. The maximum atomic E-state index is 12.4. The average Bonchev–Trinajstić information content (AvgIpc) is 3.23. The summed E-state index contributed by atoms with van der Waals surface area (Å²) in [5, 5.41) is 5.81. The van der Waals surface area contributed by atoms with Crippen LogP contribution in [0.3, 0.4) is 0 Å². The van der Waals surface area contributed by atoms with E-state index in [9.17, 15) is 9.59 Å². The molecule has 1 aromatic carbocycles. The van der Waals surface area contributed by atoms with Crippen LogP contribution in [0.1, 0.15) is 25.7 Å². The number of amides is 4. The molecule has 0 aliphatic carbocycles. The van der Waals surface area contributed by atoms with Crippen molar-refractivity contribution in [2.24, 2.45) is 0 Å². The van der Waals surface area contributed by atoms with Gasteiger partial charge in [-0.15, -0.1) is 0 Å². The molecular weight excluding hydrogens is 348 g/mol. The molecule has 1 aromatic rings. The molecular formula is C19H28N4O4. The number of nitrogens with zero attached hydrogens (tertiary/aromatic N) is 2. The largest absolute Gasteiger partial charge is 0.497 e. The normalized spacial score (nSPS) is 17.6. The van der Waals surface area contributed by atoms with Crippen LogP contribution in [0.5, 0.6) is 11.5 Å². The van der Waals surface area contributed by atoms with Gasteiger partial charge in [-0.25, -0.2) is 9.59 Å². The summed E-state index contributed by atoms with van der Waals surface area (Å²) in [7, 11) is 3.13. The SMILES string of the molecule is COc1ccc(NC(=O)NC2CCN(C(=O)N3CCCC3)CC2)c(OC)c1. The molecule has 0 aromatic heterocycles. The minimum atomic E-state index is -0.275. The van der Waals surface area contributed by atoms with E-state index in [0.717, 1.165) is 38.8 Å². The van der Waals surface area contributed by atoms with Gasteiger partial charge >= 0.3 is 12.1 Å². The van der Waals surface area contributed by atoms with Crippen molar-refractivity contribution in [2.75, 3.05) is 45.7 Å². The summed E-state index contributed by atoms with van der Waals surface area (Å²) in [5.41, 5.74) is 0.581. The van der Waals surface area contributed by atoms with E-state index in [1.165, 1.54) is 0 Å². The first-order valence-corrected chi connectivity index (χ1v) is 9.44. The molecule has 0 bridgehead atoms. The van der Waals surface area contributed by atoms with Crippen molar-refractivity contribution < 1.29 is 19.1 Å². The lowest BCUT2D eigenvalue weighted by atomic mass is 10.1. The molecule has 0 saturated carbocycles. The first-order chi connectivity index (χ1) is 13.1. The number of piperidine rings is 1. The number of carbonyl (C=O) groups excluding carboxylic acids is 2. The smallest absolute Gasteiger partial charge is 0.319 e. The lowest BCUT2D eigenvalue weighted by Crippen LogP contribution is -2.50. The van der Waals surface area contributed by atoms with E-state index in [1.807, 2.05) is 9.80 Å². The summed E-state index contributed by atoms with van der Waals surface area (Å²) in [6.07, 6.45) is 3.71. The van der Waals surface area contributed by atoms with Crippen LogP contribution in [-0.4, -0.2) is 68.3 Å². The Kier molecular flexibility index (Phi) is 6.26. The van der Waals surface area contributed by atoms with Crippen LogP contribution in [-0.2, 0) is 0 Å². The van der Waals surface area contributed by atoms with Gasteiger partial charge in [0.05, 0.1) is 19.9 Å². The van der Waals surface area contributed by atoms with Crippen molar-refractivity contribution in [1.29, 1.82) is 0 Å². The van der Waals surface area contributed by atoms with E-state index in [1.54, 1.807) is 32.4 Å². The number of urea groups is 2. The minimum absolute atomic E-state index is 0.0527. The number of nitrogens with one attached hydrogen (secondary N) is 2. The van der Waals surface area contributed by atoms with E-state index in [-0.39, 0.29) is 18.1 Å². The van der Waals surface area contributed by atoms with Gasteiger partial charge in [0.2, 0.25) is 0 Å². The Hall–Kier alpha value is -2.64. The van der Waals surface area contributed by atoms with Crippen molar-refractivity contribution in [3.63, 3.8) is 0 Å². The lowest BCUT2D eigenvalue weighted by Gasteiger charge is -2.34. The second-order valence-corrected chi connectivity index (χ2v) is 6.90. The number of hydrogen-bond donors (Lipinski definition) is 2. The predicted octanol–water partition coefficient (Wildman–Crippen LogP) is 2.51. The van der Waals surface area contributed by atoms with Gasteiger partial charge in [0, 0.05) is 38.3 Å². The molecule has 0 atom stereocenters. The third-order valence-electron chi connectivity index (χ3n) is 5.13. The number of methoxy groups -OCH3 is 2. The summed E-state index contributed by atoms with van der Waals surface area (Å²) in [5.74, 6) is 1.20. The van der Waals surface area contributed by atoms with Crippen LogP contribution in [0.15, 0.2) is 18.2 Å². The van der Waals surface area contributed by atoms with E-state index < -0.39 is 0 Å². The number of hydrogen-bond acceptors (Lipinski definition) is 4. The fraction of sp³-hybridized carbons (Fsp3) is 0.579. The zero-order valence-corrected chi connectivity index (χ0v) is 16.0. The van der Waals surface area contributed by atoms with Gasteiger partial charge in [0.25, 0.3) is 0 Å². The van der Waals surface area contributed by atoms with Crippen molar-refractivity contribution in [3.05, 3.63) is 18.2 Å². The van der Waals surface area contributed by atoms with Crippen LogP contribution < -0.4 is 20.1 Å². The van der Waals surface area contributed by atoms with Gasteiger partial charge in [0.15, 0.2) is 0 Å². The number of carbonyl (C=O) groups is 2. The Morgan fingerprint density at radius 3 is 2.30 bits per heavy atom. The third kappa shape index (κ3) is 4.75. The summed E-state index contributed by atoms with van der Waals surface area (Å²) >= 11 is 0. The Labute approximate surface area is 159 Å². The molecule has 27 heavy (non-hydrogen) atoms. The quantitative estimate of drug-likeness (QED) is 0.846. The zero-order chi connectivity index (χ0) is 19.2. The van der Waals surface area contributed by atoms with Crippen LogP contribution in [0.4, 0.5) is 15.3 Å². The predicted molar refractivity (Wildman–Crippen MR) is 102 cm³/mol. The van der Waals surface area contributed by atoms with E-state index >= 15 is 0 Å². The average molecular weight is 376 g/mol. The van der Waals surface area contributed by atoms with Crippen LogP contribution >= 0.6 is 0 Å². The molecule has 8 nitrogen and oxygen atoms in total. The summed E-state index contributed by atoms with van der Waals surface area (Å²) < 4.78 is 10.5. The third-order valence-corrected chi connectivity index (χ3v) is 5.13. The monoisotopic (exact) mass is 376 g/mol. The number of anilines is 1. The van der Waals surface area contributed by atoms with Crippen molar-refractivity contribution in [3.8, 4) is 11.5 Å². The summed E-state index contributed by atoms with van der Waals surface area (Å²) in [6.45, 7) is 3.07. The highest BCUT2D eigenvalue weighted by Crippen LogP contribution is 2.29. The maximum Gasteiger partial charge on any atom is 0.319 e. The molecule has 2 N–H and O–H groups in total. The Balaban J connectivity index is 1.47. The molecule has 2 fully saturated rings. The van der Waals surface area contributed by atoms with Crippen molar-refractivity contribution in [1.82, 2.24) is 15.1 Å². The molecule has 2 saturated heterocycles. The van der Waals surface area contributed by atoms with Crippen LogP contribution in [0, 0.1) is 0 Å². The topological polar surface area (TPSA) is 83.1 Å². The maximum absolute atomic E-state index is 12.4. The number of rotatable bonds is 4. The molecule has 2 aliphatic rings. The highest BCUT2D eigenvalue weighted by Gasteiger charge is 2.28. The van der Waals surface area contributed by atoms with Gasteiger partial charge in [0.1, 0.15) is 11.5 Å². The van der Waals surface area contributed by atoms with E-state index in [4.69, 9.17) is 9.47 Å². The van der Waals surface area contributed by atoms with Crippen molar-refractivity contribution >= 4 is 17.7 Å². The fourth-order valence-corrected chi connectivity index (χ4v) is 3.57. The molecule has 148 valence electrons. The van der Waals surface area contributed by atoms with Gasteiger partial charge in [-0.3, -0.25) is 0 Å². The molecule has 0 unspecified atom stereocenters. The molecule has 0 radical (unpaired) electrons. The second-order valence-electron chi connectivity index (χ2n) is 6.90. The van der Waals surface area contributed by atoms with Gasteiger partial charge in [-0.05, 0) is 37.8 Å². The molecule has 4 amide bonds. The number of ether oxygens (including phenoxy) is 2. The second kappa shape index (κ2) is 8.83. The lowest BCUT2D eigenvalue weighted by molar-refractivity contribution is 0.146. The summed E-state index contributed by atoms with van der Waals surface area (Å²) in [4.78, 5) is 28.6. The molecule has 2 heterocycles. The van der Waals surface area contributed by atoms with Gasteiger partial charge < -0.3 is 29.9 Å². The fourth-order valence-electron chi connectivity index (χ4n) is 3.57. The Bertz CT molecular complexity index is 668. The Morgan fingerprint density at radius 1 is 1.00 bits per heavy atom. The Morgan fingerprint density at radius 2 is 1.67 bits per heavy atom. The molecule has 8 heteroatoms. The standard InChI is InChI=1S/C19H28N4O4/c1-26-15-5-6-16(17(13-15)27-2)21-18(24)20-14-7-11-23(12-8-14)19(25)22-9-3-4-10-22/h5-6,13-14H,3-4,7-12H2,1-2H3,(H2,20,21,24). The van der Waals surface area contributed by atoms with Crippen LogP contribution in [0.25, 0.3) is 0 Å². The summed E-state index contributed by atoms with van der Waals surface area (Å²) in [6, 6.07) is 5.14. The van der Waals surface area contributed by atoms with Crippen molar-refractivity contribution in [2.45, 2.75) is 31.7 Å². The van der Waals surface area contributed by atoms with E-state index in [0.29, 0.717) is 30.3 Å². The van der Waals surface area contributed by atoms with Crippen LogP contribution in [0.2, 0.25) is 0 Å². The van der Waals surface area contributed by atoms with Gasteiger partial charge in [-0.2, -0.15) is 0 Å². The highest BCUT2D eigenvalue weighted by atomic mass is 16.5. The molecule has 0 spiro atoms. The number of benzene rings is 1. The number of likely N-dealkylation sites (tertiary alicyclic amines) is 2. The molecule has 2 aliphatic heterocycles. The highest BCUT2D eigenvalue weighted by molar-refractivity contribution is 5.91. The first kappa shape index (κ1) is 19.1.